The van der Waals surface area contributed by atoms with Crippen LogP contribution < -0.4 is 16.2 Å². The number of pyridine rings is 1. The van der Waals surface area contributed by atoms with Crippen LogP contribution >= 0.6 is 0 Å². The van der Waals surface area contributed by atoms with Gasteiger partial charge in [0.15, 0.2) is 0 Å². The first kappa shape index (κ1) is 12.7. The molecule has 0 atom stereocenters. The maximum absolute atomic E-state index is 10.7. The maximum Gasteiger partial charge on any atom is 0.209 e. The molecule has 0 saturated carbocycles. The van der Waals surface area contributed by atoms with Crippen molar-refractivity contribution in [3.8, 4) is 0 Å². The minimum absolute atomic E-state index is 0.0338. The van der Waals surface area contributed by atoms with Gasteiger partial charge in [0.05, 0.1) is 17.6 Å². The number of nitrogen functional groups attached to an aromatic ring is 1. The molecule has 0 aliphatic carbocycles. The fourth-order valence-electron chi connectivity index (χ4n) is 1.15. The standard InChI is InChI=1S/C9H16N4O2S/c1-7-5-9(13-6-8(7)10)12-3-2-4-16(11,14)15/h5-6H,2-4,10H2,1H3,(H,12,13)(H2,11,14,15). The Morgan fingerprint density at radius 1 is 1.50 bits per heavy atom. The number of rotatable bonds is 5. The highest BCUT2D eigenvalue weighted by Gasteiger charge is 2.02. The number of nitrogens with one attached hydrogen (secondary N) is 1. The van der Waals surface area contributed by atoms with Crippen LogP contribution in [0.2, 0.25) is 0 Å². The molecule has 0 bridgehead atoms. The van der Waals surface area contributed by atoms with Crippen LogP contribution in [0.4, 0.5) is 11.5 Å². The Labute approximate surface area is 95.1 Å². The second-order valence-corrected chi connectivity index (χ2v) is 5.31. The van der Waals surface area contributed by atoms with Gasteiger partial charge in [-0.15, -0.1) is 0 Å². The van der Waals surface area contributed by atoms with Crippen LogP contribution in [0.5, 0.6) is 0 Å². The molecule has 0 unspecified atom stereocenters. The molecule has 1 aromatic heterocycles. The van der Waals surface area contributed by atoms with Gasteiger partial charge >= 0.3 is 0 Å². The lowest BCUT2D eigenvalue weighted by atomic mass is 10.2. The Hall–Kier alpha value is -1.34. The van der Waals surface area contributed by atoms with Crippen molar-refractivity contribution in [2.45, 2.75) is 13.3 Å². The van der Waals surface area contributed by atoms with E-state index in [0.717, 1.165) is 5.56 Å². The van der Waals surface area contributed by atoms with Crippen molar-refractivity contribution >= 4 is 21.5 Å². The molecule has 6 nitrogen and oxygen atoms in total. The summed E-state index contributed by atoms with van der Waals surface area (Å²) >= 11 is 0. The minimum atomic E-state index is -3.37. The molecule has 0 amide bonds. The van der Waals surface area contributed by atoms with E-state index in [1.807, 2.05) is 13.0 Å². The molecule has 0 fully saturated rings. The fraction of sp³-hybridized carbons (Fsp3) is 0.444. The van der Waals surface area contributed by atoms with E-state index >= 15 is 0 Å². The predicted molar refractivity (Wildman–Crippen MR) is 64.5 cm³/mol. The van der Waals surface area contributed by atoms with Gasteiger partial charge in [-0.25, -0.2) is 18.5 Å². The van der Waals surface area contributed by atoms with E-state index in [1.165, 1.54) is 0 Å². The Balaban J connectivity index is 2.41. The van der Waals surface area contributed by atoms with Crippen LogP contribution in [0, 0.1) is 6.92 Å². The zero-order valence-corrected chi connectivity index (χ0v) is 9.92. The molecule has 1 heterocycles. The van der Waals surface area contributed by atoms with Gasteiger partial charge in [0.25, 0.3) is 0 Å². The third-order valence-electron chi connectivity index (χ3n) is 2.06. The first-order valence-corrected chi connectivity index (χ1v) is 6.56. The normalized spacial score (nSPS) is 11.4. The van der Waals surface area contributed by atoms with Crippen LogP contribution in [-0.4, -0.2) is 25.7 Å². The topological polar surface area (TPSA) is 111 Å². The fourth-order valence-corrected chi connectivity index (χ4v) is 1.70. The number of anilines is 2. The van der Waals surface area contributed by atoms with Gasteiger partial charge in [-0.05, 0) is 25.0 Å². The average Bonchev–Trinajstić information content (AvgIpc) is 2.17. The summed E-state index contributed by atoms with van der Waals surface area (Å²) in [6.07, 6.45) is 2.02. The molecule has 16 heavy (non-hydrogen) atoms. The van der Waals surface area contributed by atoms with E-state index in [1.54, 1.807) is 6.20 Å². The first-order valence-electron chi connectivity index (χ1n) is 4.85. The largest absolute Gasteiger partial charge is 0.397 e. The average molecular weight is 244 g/mol. The van der Waals surface area contributed by atoms with E-state index in [-0.39, 0.29) is 5.75 Å². The van der Waals surface area contributed by atoms with Crippen LogP contribution in [0.1, 0.15) is 12.0 Å². The molecule has 5 N–H and O–H groups in total. The lowest BCUT2D eigenvalue weighted by molar-refractivity contribution is 0.595. The van der Waals surface area contributed by atoms with E-state index in [2.05, 4.69) is 10.3 Å². The van der Waals surface area contributed by atoms with Gasteiger partial charge in [-0.1, -0.05) is 0 Å². The number of nitrogens with two attached hydrogens (primary N) is 2. The summed E-state index contributed by atoms with van der Waals surface area (Å²) in [6, 6.07) is 1.81. The van der Waals surface area contributed by atoms with Crippen molar-refractivity contribution in [2.24, 2.45) is 5.14 Å². The van der Waals surface area contributed by atoms with Crippen molar-refractivity contribution in [3.05, 3.63) is 17.8 Å². The van der Waals surface area contributed by atoms with Gasteiger partial charge in [0.2, 0.25) is 10.0 Å². The van der Waals surface area contributed by atoms with Gasteiger partial charge < -0.3 is 11.1 Å². The van der Waals surface area contributed by atoms with Gasteiger partial charge in [-0.2, -0.15) is 0 Å². The van der Waals surface area contributed by atoms with Crippen molar-refractivity contribution in [3.63, 3.8) is 0 Å². The third-order valence-corrected chi connectivity index (χ3v) is 2.92. The minimum Gasteiger partial charge on any atom is -0.397 e. The SMILES string of the molecule is Cc1cc(NCCCS(N)(=O)=O)ncc1N. The van der Waals surface area contributed by atoms with E-state index in [9.17, 15) is 8.42 Å². The van der Waals surface area contributed by atoms with Crippen molar-refractivity contribution in [1.29, 1.82) is 0 Å². The second kappa shape index (κ2) is 5.13. The van der Waals surface area contributed by atoms with Gasteiger partial charge in [0.1, 0.15) is 5.82 Å². The summed E-state index contributed by atoms with van der Waals surface area (Å²) in [4.78, 5) is 4.06. The van der Waals surface area contributed by atoms with Crippen LogP contribution in [-0.2, 0) is 10.0 Å². The molecular formula is C9H16N4O2S. The van der Waals surface area contributed by atoms with Gasteiger partial charge in [0, 0.05) is 6.54 Å². The molecule has 0 aromatic carbocycles. The number of hydrogen-bond donors (Lipinski definition) is 3. The quantitative estimate of drug-likeness (QED) is 0.634. The van der Waals surface area contributed by atoms with E-state index < -0.39 is 10.0 Å². The zero-order chi connectivity index (χ0) is 12.2. The number of primary sulfonamides is 1. The van der Waals surface area contributed by atoms with Crippen molar-refractivity contribution in [1.82, 2.24) is 4.98 Å². The Kier molecular flexibility index (Phi) is 4.08. The summed E-state index contributed by atoms with van der Waals surface area (Å²) in [5, 5.41) is 7.87. The van der Waals surface area contributed by atoms with Crippen LogP contribution in [0.25, 0.3) is 0 Å². The molecule has 0 radical (unpaired) electrons. The Morgan fingerprint density at radius 2 is 2.19 bits per heavy atom. The molecule has 0 aliphatic rings. The number of aryl methyl sites for hydroxylation is 1. The molecule has 0 aliphatic heterocycles. The second-order valence-electron chi connectivity index (χ2n) is 3.57. The number of nitrogens with zero attached hydrogens (tertiary/aromatic N) is 1. The molecule has 1 rings (SSSR count). The first-order chi connectivity index (χ1) is 7.38. The highest BCUT2D eigenvalue weighted by atomic mass is 32.2. The molecule has 1 aromatic rings. The maximum atomic E-state index is 10.7. The number of aromatic nitrogens is 1. The number of hydrogen-bond acceptors (Lipinski definition) is 5. The summed E-state index contributed by atoms with van der Waals surface area (Å²) in [7, 11) is -3.37. The van der Waals surface area contributed by atoms with E-state index in [0.29, 0.717) is 24.5 Å². The molecule has 7 heteroatoms. The van der Waals surface area contributed by atoms with Crippen LogP contribution in [0.3, 0.4) is 0 Å². The molecular weight excluding hydrogens is 228 g/mol. The zero-order valence-electron chi connectivity index (χ0n) is 9.10. The molecule has 0 spiro atoms. The van der Waals surface area contributed by atoms with Crippen molar-refractivity contribution < 1.29 is 8.42 Å². The third kappa shape index (κ3) is 4.45. The van der Waals surface area contributed by atoms with Crippen molar-refractivity contribution in [2.75, 3.05) is 23.3 Å². The lowest BCUT2D eigenvalue weighted by Gasteiger charge is -2.06. The molecule has 90 valence electrons. The summed E-state index contributed by atoms with van der Waals surface area (Å²) in [5.41, 5.74) is 7.18. The monoisotopic (exact) mass is 244 g/mol. The van der Waals surface area contributed by atoms with Gasteiger partial charge in [-0.3, -0.25) is 0 Å². The summed E-state index contributed by atoms with van der Waals surface area (Å²) in [5.74, 6) is 0.648. The van der Waals surface area contributed by atoms with E-state index in [4.69, 9.17) is 10.9 Å². The Morgan fingerprint density at radius 3 is 2.75 bits per heavy atom. The summed E-state index contributed by atoms with van der Waals surface area (Å²) < 4.78 is 21.3. The summed E-state index contributed by atoms with van der Waals surface area (Å²) in [6.45, 7) is 2.39. The Bertz CT molecular complexity index is 459. The number of sulfonamides is 1. The molecule has 0 saturated heterocycles. The predicted octanol–water partition coefficient (Wildman–Crippen LogP) is 0.0627. The highest BCUT2D eigenvalue weighted by Crippen LogP contribution is 2.12. The van der Waals surface area contributed by atoms with Crippen LogP contribution in [0.15, 0.2) is 12.3 Å². The smallest absolute Gasteiger partial charge is 0.209 e. The highest BCUT2D eigenvalue weighted by molar-refractivity contribution is 7.89. The lowest BCUT2D eigenvalue weighted by Crippen LogP contribution is -2.18.